The number of aromatic nitrogens is 2. The van der Waals surface area contributed by atoms with Gasteiger partial charge in [-0.25, -0.2) is 4.79 Å². The Kier molecular flexibility index (Phi) is 1.30. The number of fused-ring (bicyclic) bond motifs is 1. The van der Waals surface area contributed by atoms with E-state index in [9.17, 15) is 4.79 Å². The molecular weight excluding hydrogens is 160 g/mol. The van der Waals surface area contributed by atoms with Gasteiger partial charge in [0.2, 0.25) is 5.76 Å². The lowest BCUT2D eigenvalue weighted by atomic mass is 10.4. The SMILES string of the molecule is O=C(O)c1cc2nnccc2o1. The normalized spacial score (nSPS) is 10.3. The lowest BCUT2D eigenvalue weighted by molar-refractivity contribution is 0.0665. The van der Waals surface area contributed by atoms with Gasteiger partial charge in [0, 0.05) is 12.1 Å². The lowest BCUT2D eigenvalue weighted by Gasteiger charge is -1.82. The van der Waals surface area contributed by atoms with Crippen LogP contribution >= 0.6 is 0 Å². The standard InChI is InChI=1S/C7H4N2O3/c10-7(11)6-3-4-5(12-6)1-2-8-9-4/h1-3H,(H,10,11). The van der Waals surface area contributed by atoms with Crippen molar-refractivity contribution in [2.24, 2.45) is 0 Å². The summed E-state index contributed by atoms with van der Waals surface area (Å²) in [4.78, 5) is 10.4. The van der Waals surface area contributed by atoms with E-state index in [0.717, 1.165) is 0 Å². The number of hydrogen-bond acceptors (Lipinski definition) is 4. The van der Waals surface area contributed by atoms with Crippen molar-refractivity contribution in [2.45, 2.75) is 0 Å². The molecule has 12 heavy (non-hydrogen) atoms. The first-order valence-corrected chi connectivity index (χ1v) is 3.22. The number of rotatable bonds is 1. The zero-order valence-electron chi connectivity index (χ0n) is 5.89. The van der Waals surface area contributed by atoms with Crippen molar-refractivity contribution < 1.29 is 14.3 Å². The second-order valence-corrected chi connectivity index (χ2v) is 2.20. The summed E-state index contributed by atoms with van der Waals surface area (Å²) in [7, 11) is 0. The zero-order valence-corrected chi connectivity index (χ0v) is 5.89. The summed E-state index contributed by atoms with van der Waals surface area (Å²) in [6.07, 6.45) is 1.44. The molecule has 5 nitrogen and oxygen atoms in total. The van der Waals surface area contributed by atoms with Gasteiger partial charge >= 0.3 is 5.97 Å². The molecule has 0 atom stereocenters. The van der Waals surface area contributed by atoms with Crippen LogP contribution in [0.5, 0.6) is 0 Å². The van der Waals surface area contributed by atoms with Crippen LogP contribution in [-0.2, 0) is 0 Å². The first-order chi connectivity index (χ1) is 5.77. The average molecular weight is 164 g/mol. The fraction of sp³-hybridized carbons (Fsp3) is 0. The number of carboxylic acids is 1. The van der Waals surface area contributed by atoms with Gasteiger partial charge in [0.15, 0.2) is 5.58 Å². The fourth-order valence-corrected chi connectivity index (χ4v) is 0.895. The van der Waals surface area contributed by atoms with Crippen molar-refractivity contribution >= 4 is 17.1 Å². The third-order valence-corrected chi connectivity index (χ3v) is 1.41. The molecule has 1 N–H and O–H groups in total. The molecule has 0 spiro atoms. The number of hydrogen-bond donors (Lipinski definition) is 1. The third kappa shape index (κ3) is 0.914. The highest BCUT2D eigenvalue weighted by Gasteiger charge is 2.10. The van der Waals surface area contributed by atoms with Gasteiger partial charge in [0.25, 0.3) is 0 Å². The molecule has 5 heteroatoms. The van der Waals surface area contributed by atoms with Gasteiger partial charge in [-0.1, -0.05) is 0 Å². The Balaban J connectivity index is 2.70. The van der Waals surface area contributed by atoms with Crippen LogP contribution in [0.4, 0.5) is 0 Å². The highest BCUT2D eigenvalue weighted by atomic mass is 16.4. The zero-order chi connectivity index (χ0) is 8.55. The van der Waals surface area contributed by atoms with Gasteiger partial charge in [-0.15, -0.1) is 5.10 Å². The van der Waals surface area contributed by atoms with E-state index in [1.54, 1.807) is 6.07 Å². The van der Waals surface area contributed by atoms with Crippen LogP contribution in [0.1, 0.15) is 10.6 Å². The van der Waals surface area contributed by atoms with E-state index in [2.05, 4.69) is 10.2 Å². The maximum absolute atomic E-state index is 10.4. The van der Waals surface area contributed by atoms with Gasteiger partial charge in [0.1, 0.15) is 5.52 Å². The van der Waals surface area contributed by atoms with E-state index in [1.165, 1.54) is 12.3 Å². The van der Waals surface area contributed by atoms with Crippen LogP contribution in [0, 0.1) is 0 Å². The topological polar surface area (TPSA) is 76.2 Å². The molecule has 60 valence electrons. The summed E-state index contributed by atoms with van der Waals surface area (Å²) in [6.45, 7) is 0. The van der Waals surface area contributed by atoms with Gasteiger partial charge < -0.3 is 9.52 Å². The number of nitrogens with zero attached hydrogens (tertiary/aromatic N) is 2. The molecule has 0 saturated heterocycles. The van der Waals surface area contributed by atoms with Gasteiger partial charge in [-0.2, -0.15) is 5.10 Å². The Labute approximate surface area is 66.6 Å². The van der Waals surface area contributed by atoms with Crippen LogP contribution in [0.15, 0.2) is 22.7 Å². The maximum Gasteiger partial charge on any atom is 0.371 e. The van der Waals surface area contributed by atoms with Crippen molar-refractivity contribution in [3.8, 4) is 0 Å². The van der Waals surface area contributed by atoms with Gasteiger partial charge in [0.05, 0.1) is 6.20 Å². The molecule has 0 saturated carbocycles. The number of aromatic carboxylic acids is 1. The minimum absolute atomic E-state index is 0.120. The van der Waals surface area contributed by atoms with E-state index in [4.69, 9.17) is 9.52 Å². The number of carbonyl (C=O) groups is 1. The van der Waals surface area contributed by atoms with E-state index >= 15 is 0 Å². The summed E-state index contributed by atoms with van der Waals surface area (Å²) in [5, 5.41) is 15.8. The maximum atomic E-state index is 10.4. The van der Waals surface area contributed by atoms with Crippen LogP contribution < -0.4 is 0 Å². The Morgan fingerprint density at radius 2 is 2.42 bits per heavy atom. The Morgan fingerprint density at radius 1 is 1.58 bits per heavy atom. The molecule has 0 bridgehead atoms. The molecule has 2 aromatic heterocycles. The van der Waals surface area contributed by atoms with Crippen LogP contribution in [0.2, 0.25) is 0 Å². The first-order valence-electron chi connectivity index (χ1n) is 3.22. The second kappa shape index (κ2) is 2.30. The molecule has 2 aromatic rings. The summed E-state index contributed by atoms with van der Waals surface area (Å²) < 4.78 is 4.93. The predicted molar refractivity (Wildman–Crippen MR) is 38.8 cm³/mol. The molecule has 2 rings (SSSR count). The number of furan rings is 1. The molecule has 0 aliphatic heterocycles. The average Bonchev–Trinajstić information content (AvgIpc) is 2.46. The minimum Gasteiger partial charge on any atom is -0.475 e. The van der Waals surface area contributed by atoms with Gasteiger partial charge in [-0.3, -0.25) is 0 Å². The molecule has 0 radical (unpaired) electrons. The molecule has 0 aliphatic carbocycles. The first kappa shape index (κ1) is 6.78. The summed E-state index contributed by atoms with van der Waals surface area (Å²) >= 11 is 0. The van der Waals surface area contributed by atoms with Crippen molar-refractivity contribution in [1.29, 1.82) is 0 Å². The fourth-order valence-electron chi connectivity index (χ4n) is 0.895. The number of carboxylic acid groups (broad SMARTS) is 1. The monoisotopic (exact) mass is 164 g/mol. The highest BCUT2D eigenvalue weighted by Crippen LogP contribution is 2.14. The summed E-state index contributed by atoms with van der Waals surface area (Å²) in [6, 6.07) is 2.90. The predicted octanol–water partition coefficient (Wildman–Crippen LogP) is 0.921. The summed E-state index contributed by atoms with van der Waals surface area (Å²) in [5.41, 5.74) is 0.886. The second-order valence-electron chi connectivity index (χ2n) is 2.20. The molecule has 0 unspecified atom stereocenters. The van der Waals surface area contributed by atoms with E-state index in [-0.39, 0.29) is 5.76 Å². The third-order valence-electron chi connectivity index (χ3n) is 1.41. The smallest absolute Gasteiger partial charge is 0.371 e. The van der Waals surface area contributed by atoms with Crippen molar-refractivity contribution in [3.05, 3.63) is 24.1 Å². The quantitative estimate of drug-likeness (QED) is 0.678. The van der Waals surface area contributed by atoms with Crippen LogP contribution in [0.3, 0.4) is 0 Å². The molecule has 0 aromatic carbocycles. The highest BCUT2D eigenvalue weighted by molar-refractivity contribution is 5.89. The summed E-state index contributed by atoms with van der Waals surface area (Å²) in [5.74, 6) is -1.22. The van der Waals surface area contributed by atoms with Gasteiger partial charge in [-0.05, 0) is 0 Å². The van der Waals surface area contributed by atoms with Crippen molar-refractivity contribution in [2.75, 3.05) is 0 Å². The Bertz CT molecular complexity index is 402. The largest absolute Gasteiger partial charge is 0.475 e. The molecule has 2 heterocycles. The van der Waals surface area contributed by atoms with E-state index < -0.39 is 5.97 Å². The minimum atomic E-state index is -1.10. The van der Waals surface area contributed by atoms with E-state index in [0.29, 0.717) is 11.1 Å². The lowest BCUT2D eigenvalue weighted by Crippen LogP contribution is -1.91. The van der Waals surface area contributed by atoms with Crippen LogP contribution in [0.25, 0.3) is 11.1 Å². The molecule has 0 amide bonds. The Hall–Kier alpha value is -1.91. The molecule has 0 fully saturated rings. The Morgan fingerprint density at radius 3 is 3.08 bits per heavy atom. The molecular formula is C7H4N2O3. The molecule has 0 aliphatic rings. The van der Waals surface area contributed by atoms with Crippen LogP contribution in [-0.4, -0.2) is 21.3 Å². The van der Waals surface area contributed by atoms with E-state index in [1.807, 2.05) is 0 Å². The van der Waals surface area contributed by atoms with Crippen molar-refractivity contribution in [3.63, 3.8) is 0 Å². The van der Waals surface area contributed by atoms with Crippen molar-refractivity contribution in [1.82, 2.24) is 10.2 Å².